The quantitative estimate of drug-likeness (QED) is 0.706. The minimum atomic E-state index is -0.378. The lowest BCUT2D eigenvalue weighted by molar-refractivity contribution is 0.0605. The van der Waals surface area contributed by atoms with Gasteiger partial charge in [-0.3, -0.25) is 0 Å². The van der Waals surface area contributed by atoms with Gasteiger partial charge in [-0.15, -0.1) is 0 Å². The highest BCUT2D eigenvalue weighted by Gasteiger charge is 2.14. The average Bonchev–Trinajstić information content (AvgIpc) is 2.50. The Bertz CT molecular complexity index is 284. The number of esters is 1. The van der Waals surface area contributed by atoms with E-state index in [2.05, 4.69) is 9.11 Å². The second kappa shape index (κ2) is 5.53. The topological polar surface area (TPSA) is 65.2 Å². The first-order valence-corrected chi connectivity index (χ1v) is 4.74. The Kier molecular flexibility index (Phi) is 5.06. The van der Waals surface area contributed by atoms with Crippen LogP contribution in [0.4, 0.5) is 5.82 Å². The first-order valence-electron chi connectivity index (χ1n) is 3.97. The Labute approximate surface area is 81.9 Å². The van der Waals surface area contributed by atoms with Gasteiger partial charge in [-0.25, -0.2) is 4.79 Å². The van der Waals surface area contributed by atoms with Crippen LogP contribution in [0.3, 0.4) is 0 Å². The molecule has 74 valence electrons. The molecule has 5 heteroatoms. The van der Waals surface area contributed by atoms with E-state index in [9.17, 15) is 4.79 Å². The Morgan fingerprint density at radius 3 is 2.38 bits per heavy atom. The summed E-state index contributed by atoms with van der Waals surface area (Å²) in [4.78, 5) is 11.4. The summed E-state index contributed by atoms with van der Waals surface area (Å²) < 4.78 is 8.31. The number of methoxy groups -OCH3 is 1. The molecule has 2 N–H and O–H groups in total. The summed E-state index contributed by atoms with van der Waals surface area (Å²) in [6, 6.07) is 0. The molecule has 0 amide bonds. The van der Waals surface area contributed by atoms with Crippen LogP contribution in [-0.2, 0) is 4.74 Å². The van der Waals surface area contributed by atoms with E-state index in [1.54, 1.807) is 6.92 Å². The first-order chi connectivity index (χ1) is 6.16. The van der Waals surface area contributed by atoms with Crippen LogP contribution in [0.5, 0.6) is 0 Å². The van der Waals surface area contributed by atoms with Crippen molar-refractivity contribution >= 4 is 23.3 Å². The molecular formula is C8H14N2O2S. The lowest BCUT2D eigenvalue weighted by Gasteiger charge is -1.94. The summed E-state index contributed by atoms with van der Waals surface area (Å²) in [5.41, 5.74) is 6.12. The number of carbonyl (C=O) groups excluding carboxylic acids is 1. The number of hydrogen-bond acceptors (Lipinski definition) is 5. The predicted molar refractivity (Wildman–Crippen MR) is 54.0 cm³/mol. The Morgan fingerprint density at radius 2 is 2.08 bits per heavy atom. The molecule has 0 bridgehead atoms. The van der Waals surface area contributed by atoms with Gasteiger partial charge in [0.15, 0.2) is 0 Å². The third kappa shape index (κ3) is 2.69. The van der Waals surface area contributed by atoms with Crippen molar-refractivity contribution < 1.29 is 9.53 Å². The number of hydrogen-bond donors (Lipinski definition) is 1. The third-order valence-electron chi connectivity index (χ3n) is 1.33. The van der Waals surface area contributed by atoms with Crippen molar-refractivity contribution in [2.24, 2.45) is 0 Å². The smallest absolute Gasteiger partial charge is 0.350 e. The first kappa shape index (κ1) is 11.9. The van der Waals surface area contributed by atoms with Crippen LogP contribution in [0.15, 0.2) is 0 Å². The molecular weight excluding hydrogens is 188 g/mol. The molecule has 0 aromatic carbocycles. The lowest BCUT2D eigenvalue weighted by Crippen LogP contribution is -2.00. The van der Waals surface area contributed by atoms with Crippen LogP contribution >= 0.6 is 11.5 Å². The number of rotatable bonds is 1. The van der Waals surface area contributed by atoms with E-state index < -0.39 is 0 Å². The van der Waals surface area contributed by atoms with Gasteiger partial charge in [0.1, 0.15) is 10.7 Å². The Hall–Kier alpha value is -1.10. The van der Waals surface area contributed by atoms with Gasteiger partial charge in [0, 0.05) is 5.56 Å². The maximum absolute atomic E-state index is 10.9. The van der Waals surface area contributed by atoms with Crippen molar-refractivity contribution in [2.75, 3.05) is 12.8 Å². The van der Waals surface area contributed by atoms with Crippen LogP contribution in [0.2, 0.25) is 0 Å². The van der Waals surface area contributed by atoms with Gasteiger partial charge in [-0.2, -0.15) is 4.37 Å². The zero-order valence-corrected chi connectivity index (χ0v) is 9.07. The number of nitrogens with zero attached hydrogens (tertiary/aromatic N) is 1. The normalized spacial score (nSPS) is 8.62. The van der Waals surface area contributed by atoms with Gasteiger partial charge in [0.05, 0.1) is 7.11 Å². The second-order valence-corrected chi connectivity index (χ2v) is 2.79. The summed E-state index contributed by atoms with van der Waals surface area (Å²) in [7, 11) is 1.33. The molecule has 0 saturated heterocycles. The van der Waals surface area contributed by atoms with Crippen LogP contribution in [-0.4, -0.2) is 17.5 Å². The summed E-state index contributed by atoms with van der Waals surface area (Å²) >= 11 is 1.06. The molecule has 0 aliphatic carbocycles. The zero-order chi connectivity index (χ0) is 10.4. The van der Waals surface area contributed by atoms with E-state index in [-0.39, 0.29) is 5.97 Å². The Morgan fingerprint density at radius 1 is 1.54 bits per heavy atom. The molecule has 0 saturated carbocycles. The van der Waals surface area contributed by atoms with Crippen LogP contribution < -0.4 is 5.73 Å². The summed E-state index contributed by atoms with van der Waals surface area (Å²) in [5.74, 6) is 0.0205. The molecule has 1 aromatic rings. The van der Waals surface area contributed by atoms with E-state index in [1.807, 2.05) is 13.8 Å². The van der Waals surface area contributed by atoms with Gasteiger partial charge in [-0.1, -0.05) is 13.8 Å². The molecule has 0 fully saturated rings. The standard InChI is InChI=1S/C6H8N2O2S.C2H6/c1-3-4(6(9)10-2)11-8-5(3)7;1-2/h1-2H3,(H2,7,8);1-2H3. The maximum atomic E-state index is 10.9. The van der Waals surface area contributed by atoms with Gasteiger partial charge >= 0.3 is 5.97 Å². The van der Waals surface area contributed by atoms with Crippen LogP contribution in [0.25, 0.3) is 0 Å². The molecule has 0 aliphatic heterocycles. The molecule has 0 unspecified atom stereocenters. The lowest BCUT2D eigenvalue weighted by atomic mass is 10.3. The van der Waals surface area contributed by atoms with Crippen LogP contribution in [0.1, 0.15) is 29.1 Å². The molecule has 0 aliphatic rings. The molecule has 1 rings (SSSR count). The highest BCUT2D eigenvalue weighted by Crippen LogP contribution is 2.19. The summed E-state index contributed by atoms with van der Waals surface area (Å²) in [5, 5.41) is 0. The van der Waals surface area contributed by atoms with Gasteiger partial charge in [0.2, 0.25) is 0 Å². The highest BCUT2D eigenvalue weighted by atomic mass is 32.1. The fourth-order valence-corrected chi connectivity index (χ4v) is 1.36. The monoisotopic (exact) mass is 202 g/mol. The van der Waals surface area contributed by atoms with Crippen molar-refractivity contribution in [1.29, 1.82) is 0 Å². The summed E-state index contributed by atoms with van der Waals surface area (Å²) in [6.07, 6.45) is 0. The number of nitrogen functional groups attached to an aromatic ring is 1. The highest BCUT2D eigenvalue weighted by molar-refractivity contribution is 7.08. The maximum Gasteiger partial charge on any atom is 0.350 e. The second-order valence-electron chi connectivity index (χ2n) is 2.01. The van der Waals surface area contributed by atoms with E-state index in [0.29, 0.717) is 16.3 Å². The van der Waals surface area contributed by atoms with Crippen molar-refractivity contribution in [2.45, 2.75) is 20.8 Å². The number of carbonyl (C=O) groups is 1. The van der Waals surface area contributed by atoms with Crippen molar-refractivity contribution in [1.82, 2.24) is 4.37 Å². The minimum Gasteiger partial charge on any atom is -0.465 e. The van der Waals surface area contributed by atoms with Gasteiger partial charge in [0.25, 0.3) is 0 Å². The van der Waals surface area contributed by atoms with Crippen molar-refractivity contribution in [3.8, 4) is 0 Å². The molecule has 0 spiro atoms. The van der Waals surface area contributed by atoms with Crippen molar-refractivity contribution in [3.05, 3.63) is 10.4 Å². The van der Waals surface area contributed by atoms with E-state index >= 15 is 0 Å². The van der Waals surface area contributed by atoms with E-state index in [4.69, 9.17) is 5.73 Å². The number of aromatic nitrogens is 1. The predicted octanol–water partition coefficient (Wildman–Crippen LogP) is 1.85. The van der Waals surface area contributed by atoms with Gasteiger partial charge in [-0.05, 0) is 18.5 Å². The largest absolute Gasteiger partial charge is 0.465 e. The zero-order valence-electron chi connectivity index (χ0n) is 8.25. The molecule has 0 atom stereocenters. The third-order valence-corrected chi connectivity index (χ3v) is 2.27. The number of nitrogens with two attached hydrogens (primary N) is 1. The minimum absolute atomic E-state index is 0.378. The van der Waals surface area contributed by atoms with Gasteiger partial charge < -0.3 is 10.5 Å². The molecule has 13 heavy (non-hydrogen) atoms. The van der Waals surface area contributed by atoms with E-state index in [0.717, 1.165) is 11.5 Å². The molecule has 1 heterocycles. The Balaban J connectivity index is 0.000000671. The summed E-state index contributed by atoms with van der Waals surface area (Å²) in [6.45, 7) is 5.74. The average molecular weight is 202 g/mol. The van der Waals surface area contributed by atoms with Crippen LogP contribution in [0, 0.1) is 6.92 Å². The molecule has 0 radical (unpaired) electrons. The number of anilines is 1. The fourth-order valence-electron chi connectivity index (χ4n) is 0.631. The SMILES string of the molecule is CC.COC(=O)c1snc(N)c1C. The van der Waals surface area contributed by atoms with E-state index in [1.165, 1.54) is 7.11 Å². The molecule has 4 nitrogen and oxygen atoms in total. The fraction of sp³-hybridized carbons (Fsp3) is 0.500. The number of ether oxygens (including phenoxy) is 1. The molecule has 1 aromatic heterocycles. The van der Waals surface area contributed by atoms with Crippen molar-refractivity contribution in [3.63, 3.8) is 0 Å².